The zero-order valence-corrected chi connectivity index (χ0v) is 14.0. The number of nitrogens with one attached hydrogen (secondary N) is 1. The Hall–Kier alpha value is -0.950. The first-order chi connectivity index (χ1) is 9.92. The highest BCUT2D eigenvalue weighted by molar-refractivity contribution is 9.10. The van der Waals surface area contributed by atoms with Gasteiger partial charge in [0.15, 0.2) is 0 Å². The van der Waals surface area contributed by atoms with Gasteiger partial charge < -0.3 is 0 Å². The Labute approximate surface area is 136 Å². The summed E-state index contributed by atoms with van der Waals surface area (Å²) in [6.07, 6.45) is 0. The van der Waals surface area contributed by atoms with Crippen LogP contribution in [0, 0.1) is 5.82 Å². The Morgan fingerprint density at radius 1 is 1.10 bits per heavy atom. The number of halogens is 3. The number of hydrogen-bond donors (Lipinski definition) is 1. The molecule has 0 aliphatic carbocycles. The number of hydrogen-bond acceptors (Lipinski definition) is 2. The fourth-order valence-corrected chi connectivity index (χ4v) is 3.28. The van der Waals surface area contributed by atoms with Crippen molar-refractivity contribution in [1.29, 1.82) is 0 Å². The molecule has 2 aromatic rings. The summed E-state index contributed by atoms with van der Waals surface area (Å²) in [4.78, 5) is -0.372. The van der Waals surface area contributed by atoms with Gasteiger partial charge in [-0.1, -0.05) is 40.2 Å². The molecule has 7 heteroatoms. The third-order valence-corrected chi connectivity index (χ3v) is 5.06. The lowest BCUT2D eigenvalue weighted by Crippen LogP contribution is -2.24. The summed E-state index contributed by atoms with van der Waals surface area (Å²) < 4.78 is 40.7. The van der Waals surface area contributed by atoms with E-state index in [9.17, 15) is 12.8 Å². The minimum Gasteiger partial charge on any atom is -0.207 e. The van der Waals surface area contributed by atoms with Crippen LogP contribution in [-0.2, 0) is 22.4 Å². The molecule has 0 fully saturated rings. The van der Waals surface area contributed by atoms with Crippen molar-refractivity contribution in [3.8, 4) is 0 Å². The Bertz CT molecular complexity index is 735. The molecule has 112 valence electrons. The maximum absolute atomic E-state index is 13.7. The predicted molar refractivity (Wildman–Crippen MR) is 84.1 cm³/mol. The highest BCUT2D eigenvalue weighted by Gasteiger charge is 2.18. The van der Waals surface area contributed by atoms with Gasteiger partial charge in [-0.15, -0.1) is 11.6 Å². The van der Waals surface area contributed by atoms with Crippen LogP contribution in [0.15, 0.2) is 51.8 Å². The third kappa shape index (κ3) is 4.26. The molecular formula is C14H12BrClFNO2S. The van der Waals surface area contributed by atoms with E-state index >= 15 is 0 Å². The van der Waals surface area contributed by atoms with Crippen molar-refractivity contribution in [3.63, 3.8) is 0 Å². The van der Waals surface area contributed by atoms with E-state index in [1.54, 1.807) is 12.1 Å². The van der Waals surface area contributed by atoms with Gasteiger partial charge in [-0.05, 0) is 29.3 Å². The fraction of sp³-hybridized carbons (Fsp3) is 0.143. The summed E-state index contributed by atoms with van der Waals surface area (Å²) in [6, 6.07) is 11.0. The summed E-state index contributed by atoms with van der Waals surface area (Å²) in [7, 11) is -3.89. The van der Waals surface area contributed by atoms with Gasteiger partial charge in [0.2, 0.25) is 10.0 Å². The van der Waals surface area contributed by atoms with E-state index in [-0.39, 0.29) is 11.4 Å². The van der Waals surface area contributed by atoms with Crippen molar-refractivity contribution >= 4 is 37.6 Å². The maximum atomic E-state index is 13.7. The Kier molecular flexibility index (Phi) is 5.37. The topological polar surface area (TPSA) is 46.2 Å². The van der Waals surface area contributed by atoms with E-state index in [0.29, 0.717) is 10.4 Å². The molecule has 0 aromatic heterocycles. The van der Waals surface area contributed by atoms with Gasteiger partial charge in [0.05, 0.1) is 0 Å². The van der Waals surface area contributed by atoms with Gasteiger partial charge in [-0.2, -0.15) is 0 Å². The molecule has 0 spiro atoms. The SMILES string of the molecule is O=S(=O)(NCc1ccc(CCl)cc1)c1ccc(Br)cc1F. The average Bonchev–Trinajstić information content (AvgIpc) is 2.45. The van der Waals surface area contributed by atoms with E-state index < -0.39 is 15.8 Å². The fourth-order valence-electron chi connectivity index (χ4n) is 1.70. The zero-order chi connectivity index (χ0) is 15.5. The van der Waals surface area contributed by atoms with Gasteiger partial charge in [-0.3, -0.25) is 0 Å². The summed E-state index contributed by atoms with van der Waals surface area (Å²) in [5.74, 6) is -0.398. The smallest absolute Gasteiger partial charge is 0.207 e. The molecular weight excluding hydrogens is 381 g/mol. The first-order valence-corrected chi connectivity index (χ1v) is 8.82. The van der Waals surface area contributed by atoms with Crippen LogP contribution >= 0.6 is 27.5 Å². The Morgan fingerprint density at radius 3 is 2.29 bits per heavy atom. The number of sulfonamides is 1. The van der Waals surface area contributed by atoms with Crippen LogP contribution in [0.5, 0.6) is 0 Å². The number of rotatable bonds is 5. The minimum atomic E-state index is -3.89. The van der Waals surface area contributed by atoms with Crippen LogP contribution in [0.3, 0.4) is 0 Å². The highest BCUT2D eigenvalue weighted by atomic mass is 79.9. The quantitative estimate of drug-likeness (QED) is 0.787. The molecule has 0 saturated heterocycles. The van der Waals surface area contributed by atoms with E-state index in [1.165, 1.54) is 12.1 Å². The minimum absolute atomic E-state index is 0.0837. The molecule has 2 aromatic carbocycles. The van der Waals surface area contributed by atoms with Crippen LogP contribution in [-0.4, -0.2) is 8.42 Å². The predicted octanol–water partition coefficient (Wildman–Crippen LogP) is 3.81. The molecule has 0 bridgehead atoms. The second-order valence-electron chi connectivity index (χ2n) is 4.35. The zero-order valence-electron chi connectivity index (χ0n) is 10.8. The van der Waals surface area contributed by atoms with Gasteiger partial charge >= 0.3 is 0 Å². The van der Waals surface area contributed by atoms with E-state index in [1.807, 2.05) is 12.1 Å². The lowest BCUT2D eigenvalue weighted by molar-refractivity contribution is 0.556. The summed E-state index contributed by atoms with van der Waals surface area (Å²) in [5, 5.41) is 0. The van der Waals surface area contributed by atoms with E-state index in [0.717, 1.165) is 17.2 Å². The molecule has 3 nitrogen and oxygen atoms in total. The normalized spacial score (nSPS) is 11.6. The van der Waals surface area contributed by atoms with Crippen molar-refractivity contribution < 1.29 is 12.8 Å². The van der Waals surface area contributed by atoms with Crippen LogP contribution in [0.4, 0.5) is 4.39 Å². The van der Waals surface area contributed by atoms with Gasteiger partial charge in [0.25, 0.3) is 0 Å². The van der Waals surface area contributed by atoms with Crippen molar-refractivity contribution in [1.82, 2.24) is 4.72 Å². The van der Waals surface area contributed by atoms with Crippen LogP contribution < -0.4 is 4.72 Å². The van der Waals surface area contributed by atoms with Crippen LogP contribution in [0.25, 0.3) is 0 Å². The van der Waals surface area contributed by atoms with Gasteiger partial charge in [0.1, 0.15) is 10.7 Å². The van der Waals surface area contributed by atoms with E-state index in [2.05, 4.69) is 20.7 Å². The van der Waals surface area contributed by atoms with Crippen molar-refractivity contribution in [2.75, 3.05) is 0 Å². The second-order valence-corrected chi connectivity index (χ2v) is 7.27. The second kappa shape index (κ2) is 6.87. The summed E-state index contributed by atoms with van der Waals surface area (Å²) in [5.41, 5.74) is 1.71. The number of benzene rings is 2. The monoisotopic (exact) mass is 391 g/mol. The molecule has 1 N–H and O–H groups in total. The molecule has 0 radical (unpaired) electrons. The largest absolute Gasteiger partial charge is 0.243 e. The highest BCUT2D eigenvalue weighted by Crippen LogP contribution is 2.19. The van der Waals surface area contributed by atoms with Crippen LogP contribution in [0.2, 0.25) is 0 Å². The van der Waals surface area contributed by atoms with E-state index in [4.69, 9.17) is 11.6 Å². The molecule has 0 saturated carbocycles. The lowest BCUT2D eigenvalue weighted by Gasteiger charge is -2.08. The molecule has 0 amide bonds. The Morgan fingerprint density at radius 2 is 1.71 bits per heavy atom. The molecule has 0 heterocycles. The first-order valence-electron chi connectivity index (χ1n) is 6.01. The molecule has 21 heavy (non-hydrogen) atoms. The maximum Gasteiger partial charge on any atom is 0.243 e. The van der Waals surface area contributed by atoms with Crippen molar-refractivity contribution in [2.24, 2.45) is 0 Å². The summed E-state index contributed by atoms with van der Waals surface area (Å²) >= 11 is 8.77. The lowest BCUT2D eigenvalue weighted by atomic mass is 10.1. The van der Waals surface area contributed by atoms with Crippen molar-refractivity contribution in [3.05, 3.63) is 63.9 Å². The van der Waals surface area contributed by atoms with Gasteiger partial charge in [0, 0.05) is 16.9 Å². The third-order valence-electron chi connectivity index (χ3n) is 2.83. The molecule has 0 unspecified atom stereocenters. The first kappa shape index (κ1) is 16.4. The number of alkyl halides is 1. The molecule has 0 aliphatic heterocycles. The average molecular weight is 393 g/mol. The summed E-state index contributed by atoms with van der Waals surface area (Å²) in [6.45, 7) is 0.0837. The van der Waals surface area contributed by atoms with Crippen LogP contribution in [0.1, 0.15) is 11.1 Å². The standard InChI is InChI=1S/C14H12BrClFNO2S/c15-12-5-6-14(13(17)7-12)21(19,20)18-9-11-3-1-10(8-16)2-4-11/h1-7,18H,8-9H2. The Balaban J connectivity index is 2.13. The molecule has 0 aliphatic rings. The molecule has 2 rings (SSSR count). The van der Waals surface area contributed by atoms with Gasteiger partial charge in [-0.25, -0.2) is 17.5 Å². The van der Waals surface area contributed by atoms with Crippen molar-refractivity contribution in [2.45, 2.75) is 17.3 Å². The molecule has 0 atom stereocenters.